The Hall–Kier alpha value is -1.69. The summed E-state index contributed by atoms with van der Waals surface area (Å²) in [4.78, 5) is 0. The van der Waals surface area contributed by atoms with Crippen molar-refractivity contribution in [3.05, 3.63) is 71.8 Å². The van der Waals surface area contributed by atoms with Crippen LogP contribution in [0.3, 0.4) is 0 Å². The van der Waals surface area contributed by atoms with Gasteiger partial charge in [0.1, 0.15) is 0 Å². The zero-order valence-electron chi connectivity index (χ0n) is 11.9. The molecule has 0 aliphatic carbocycles. The SMILES string of the molecule is NCCS(=O)(=O)N(Cc1ccccc1)Cc1ccccc1. The molecule has 0 aliphatic heterocycles. The fourth-order valence-corrected chi connectivity index (χ4v) is 3.35. The summed E-state index contributed by atoms with van der Waals surface area (Å²) in [5, 5.41) is 0. The van der Waals surface area contributed by atoms with Crippen LogP contribution in [-0.2, 0) is 23.1 Å². The van der Waals surface area contributed by atoms with Gasteiger partial charge >= 0.3 is 0 Å². The predicted molar refractivity (Wildman–Crippen MR) is 85.0 cm³/mol. The lowest BCUT2D eigenvalue weighted by Crippen LogP contribution is -2.34. The van der Waals surface area contributed by atoms with Crippen LogP contribution < -0.4 is 5.73 Å². The topological polar surface area (TPSA) is 63.4 Å². The van der Waals surface area contributed by atoms with Crippen LogP contribution in [0.25, 0.3) is 0 Å². The molecule has 0 radical (unpaired) electrons. The predicted octanol–water partition coefficient (Wildman–Crippen LogP) is 1.98. The molecule has 0 heterocycles. The van der Waals surface area contributed by atoms with Gasteiger partial charge in [-0.15, -0.1) is 0 Å². The molecule has 2 rings (SSSR count). The summed E-state index contributed by atoms with van der Waals surface area (Å²) in [6.07, 6.45) is 0. The van der Waals surface area contributed by atoms with Gasteiger partial charge in [-0.1, -0.05) is 60.7 Å². The van der Waals surface area contributed by atoms with E-state index in [0.717, 1.165) is 11.1 Å². The fraction of sp³-hybridized carbons (Fsp3) is 0.250. The Morgan fingerprint density at radius 1 is 0.810 bits per heavy atom. The van der Waals surface area contributed by atoms with Crippen molar-refractivity contribution in [1.29, 1.82) is 0 Å². The van der Waals surface area contributed by atoms with Crippen LogP contribution in [0, 0.1) is 0 Å². The quantitative estimate of drug-likeness (QED) is 0.850. The largest absolute Gasteiger partial charge is 0.329 e. The summed E-state index contributed by atoms with van der Waals surface area (Å²) in [6, 6.07) is 19.2. The van der Waals surface area contributed by atoms with Crippen LogP contribution in [0.5, 0.6) is 0 Å². The molecule has 2 aromatic rings. The maximum absolute atomic E-state index is 12.4. The highest BCUT2D eigenvalue weighted by molar-refractivity contribution is 7.89. The molecular formula is C16H20N2O2S. The minimum Gasteiger partial charge on any atom is -0.329 e. The summed E-state index contributed by atoms with van der Waals surface area (Å²) in [5.74, 6) is -0.0351. The van der Waals surface area contributed by atoms with Gasteiger partial charge in [0.25, 0.3) is 0 Å². The Labute approximate surface area is 126 Å². The lowest BCUT2D eigenvalue weighted by Gasteiger charge is -2.22. The third-order valence-electron chi connectivity index (χ3n) is 3.17. The molecule has 2 aromatic carbocycles. The van der Waals surface area contributed by atoms with Gasteiger partial charge in [0.2, 0.25) is 10.0 Å². The van der Waals surface area contributed by atoms with Crippen molar-refractivity contribution in [2.24, 2.45) is 5.73 Å². The van der Waals surface area contributed by atoms with Crippen LogP contribution in [0.4, 0.5) is 0 Å². The van der Waals surface area contributed by atoms with Gasteiger partial charge in [-0.2, -0.15) is 4.31 Å². The molecule has 0 unspecified atom stereocenters. The highest BCUT2D eigenvalue weighted by Gasteiger charge is 2.21. The van der Waals surface area contributed by atoms with Gasteiger partial charge < -0.3 is 5.73 Å². The summed E-state index contributed by atoms with van der Waals surface area (Å²) >= 11 is 0. The smallest absolute Gasteiger partial charge is 0.215 e. The van der Waals surface area contributed by atoms with Gasteiger partial charge in [0.15, 0.2) is 0 Å². The zero-order chi connectivity index (χ0) is 15.1. The number of nitrogens with two attached hydrogens (primary N) is 1. The van der Waals surface area contributed by atoms with Gasteiger partial charge in [0.05, 0.1) is 5.75 Å². The molecule has 5 heteroatoms. The minimum atomic E-state index is -3.36. The maximum Gasteiger partial charge on any atom is 0.215 e. The Morgan fingerprint density at radius 3 is 1.62 bits per heavy atom. The molecule has 2 N–H and O–H groups in total. The second kappa shape index (κ2) is 7.36. The van der Waals surface area contributed by atoms with E-state index < -0.39 is 10.0 Å². The van der Waals surface area contributed by atoms with E-state index in [2.05, 4.69) is 0 Å². The van der Waals surface area contributed by atoms with E-state index >= 15 is 0 Å². The van der Waals surface area contributed by atoms with Gasteiger partial charge in [-0.05, 0) is 11.1 Å². The maximum atomic E-state index is 12.4. The van der Waals surface area contributed by atoms with Gasteiger partial charge in [-0.25, -0.2) is 8.42 Å². The lowest BCUT2D eigenvalue weighted by molar-refractivity contribution is 0.401. The first-order chi connectivity index (χ1) is 10.1. The summed E-state index contributed by atoms with van der Waals surface area (Å²) in [7, 11) is -3.36. The van der Waals surface area contributed by atoms with Gasteiger partial charge in [0, 0.05) is 19.6 Å². The van der Waals surface area contributed by atoms with Crippen LogP contribution in [0.2, 0.25) is 0 Å². The first kappa shape index (κ1) is 15.7. The number of hydrogen-bond acceptors (Lipinski definition) is 3. The molecule has 0 saturated carbocycles. The molecule has 0 aromatic heterocycles. The molecule has 0 bridgehead atoms. The average Bonchev–Trinajstić information content (AvgIpc) is 2.49. The van der Waals surface area contributed by atoms with Crippen molar-refractivity contribution in [3.8, 4) is 0 Å². The van der Waals surface area contributed by atoms with E-state index in [-0.39, 0.29) is 12.3 Å². The number of rotatable bonds is 7. The first-order valence-corrected chi connectivity index (χ1v) is 8.48. The summed E-state index contributed by atoms with van der Waals surface area (Å²) in [6.45, 7) is 0.846. The molecule has 4 nitrogen and oxygen atoms in total. The minimum absolute atomic E-state index is 0.0351. The average molecular weight is 304 g/mol. The highest BCUT2D eigenvalue weighted by atomic mass is 32.2. The van der Waals surface area contributed by atoms with E-state index in [4.69, 9.17) is 5.73 Å². The van der Waals surface area contributed by atoms with E-state index in [1.807, 2.05) is 60.7 Å². The first-order valence-electron chi connectivity index (χ1n) is 6.87. The van der Waals surface area contributed by atoms with Crippen molar-refractivity contribution in [1.82, 2.24) is 4.31 Å². The molecule has 0 spiro atoms. The molecule has 112 valence electrons. The Morgan fingerprint density at radius 2 is 1.24 bits per heavy atom. The van der Waals surface area contributed by atoms with Crippen LogP contribution in [0.1, 0.15) is 11.1 Å². The normalized spacial score (nSPS) is 11.7. The number of hydrogen-bond donors (Lipinski definition) is 1. The second-order valence-electron chi connectivity index (χ2n) is 4.84. The number of benzene rings is 2. The van der Waals surface area contributed by atoms with E-state index in [9.17, 15) is 8.42 Å². The van der Waals surface area contributed by atoms with Gasteiger partial charge in [-0.3, -0.25) is 0 Å². The van der Waals surface area contributed by atoms with Crippen molar-refractivity contribution < 1.29 is 8.42 Å². The Balaban J connectivity index is 2.22. The van der Waals surface area contributed by atoms with Crippen molar-refractivity contribution >= 4 is 10.0 Å². The Bertz CT molecular complexity index is 601. The lowest BCUT2D eigenvalue weighted by atomic mass is 10.2. The van der Waals surface area contributed by atoms with E-state index in [0.29, 0.717) is 13.1 Å². The molecular weight excluding hydrogens is 284 g/mol. The zero-order valence-corrected chi connectivity index (χ0v) is 12.7. The van der Waals surface area contributed by atoms with Crippen molar-refractivity contribution in [3.63, 3.8) is 0 Å². The van der Waals surface area contributed by atoms with Crippen LogP contribution >= 0.6 is 0 Å². The summed E-state index contributed by atoms with van der Waals surface area (Å²) < 4.78 is 26.3. The number of sulfonamides is 1. The monoisotopic (exact) mass is 304 g/mol. The van der Waals surface area contributed by atoms with Crippen LogP contribution in [-0.4, -0.2) is 25.0 Å². The molecule has 0 atom stereocenters. The molecule has 0 fully saturated rings. The number of nitrogens with zero attached hydrogens (tertiary/aromatic N) is 1. The fourth-order valence-electron chi connectivity index (χ4n) is 2.10. The molecule has 21 heavy (non-hydrogen) atoms. The second-order valence-corrected chi connectivity index (χ2v) is 6.93. The molecule has 0 aliphatic rings. The van der Waals surface area contributed by atoms with Crippen LogP contribution in [0.15, 0.2) is 60.7 Å². The van der Waals surface area contributed by atoms with E-state index in [1.165, 1.54) is 4.31 Å². The molecule has 0 saturated heterocycles. The standard InChI is InChI=1S/C16H20N2O2S/c17-11-12-21(19,20)18(13-15-7-3-1-4-8-15)14-16-9-5-2-6-10-16/h1-10H,11-14,17H2. The summed E-state index contributed by atoms with van der Waals surface area (Å²) in [5.41, 5.74) is 7.37. The third kappa shape index (κ3) is 4.67. The Kier molecular flexibility index (Phi) is 5.50. The van der Waals surface area contributed by atoms with E-state index in [1.54, 1.807) is 0 Å². The third-order valence-corrected chi connectivity index (χ3v) is 4.97. The van der Waals surface area contributed by atoms with Crippen molar-refractivity contribution in [2.75, 3.05) is 12.3 Å². The van der Waals surface area contributed by atoms with Crippen molar-refractivity contribution in [2.45, 2.75) is 13.1 Å². The molecule has 0 amide bonds. The highest BCUT2D eigenvalue weighted by Crippen LogP contribution is 2.14.